The Balaban J connectivity index is 1.19. The van der Waals surface area contributed by atoms with E-state index in [0.29, 0.717) is 5.82 Å². The third-order valence-electron chi connectivity index (χ3n) is 9.64. The molecule has 5 nitrogen and oxygen atoms in total. The number of pyridine rings is 1. The maximum absolute atomic E-state index is 5.17. The fourth-order valence-corrected chi connectivity index (χ4v) is 7.35. The highest BCUT2D eigenvalue weighted by atomic mass is 15.1. The molecule has 0 spiro atoms. The van der Waals surface area contributed by atoms with Crippen LogP contribution in [-0.2, 0) is 0 Å². The van der Waals surface area contributed by atoms with Crippen LogP contribution in [0.15, 0.2) is 176 Å². The molecule has 0 unspecified atom stereocenters. The minimum Gasteiger partial charge on any atom is -0.309 e. The third kappa shape index (κ3) is 4.45. The van der Waals surface area contributed by atoms with Crippen LogP contribution in [0.25, 0.3) is 88.9 Å². The Kier molecular flexibility index (Phi) is 6.42. The monoisotopic (exact) mass is 639 g/mol. The lowest BCUT2D eigenvalue weighted by Crippen LogP contribution is -2.03. The molecule has 0 saturated heterocycles. The lowest BCUT2D eigenvalue weighted by Gasteiger charge is -2.14. The van der Waals surface area contributed by atoms with Crippen LogP contribution in [0.1, 0.15) is 0 Å². The van der Waals surface area contributed by atoms with Crippen LogP contribution >= 0.6 is 0 Å². The minimum absolute atomic E-state index is 0.688. The first-order chi connectivity index (χ1) is 24.8. The van der Waals surface area contributed by atoms with E-state index < -0.39 is 0 Å². The normalized spacial score (nSPS) is 11.6. The number of aromatic nitrogens is 5. The molecule has 5 heteroatoms. The van der Waals surface area contributed by atoms with Gasteiger partial charge in [0.1, 0.15) is 5.65 Å². The van der Waals surface area contributed by atoms with E-state index in [2.05, 4.69) is 118 Å². The lowest BCUT2D eigenvalue weighted by molar-refractivity contribution is 1.07. The topological polar surface area (TPSA) is 48.5 Å². The Morgan fingerprint density at radius 3 is 1.86 bits per heavy atom. The molecule has 10 aromatic rings. The van der Waals surface area contributed by atoms with E-state index >= 15 is 0 Å². The Labute approximate surface area is 288 Å². The van der Waals surface area contributed by atoms with Crippen molar-refractivity contribution in [3.8, 4) is 45.1 Å². The van der Waals surface area contributed by atoms with Gasteiger partial charge in [-0.1, -0.05) is 115 Å². The molecule has 0 aliphatic heterocycles. The van der Waals surface area contributed by atoms with Crippen LogP contribution in [-0.4, -0.2) is 24.1 Å². The van der Waals surface area contributed by atoms with E-state index in [1.165, 1.54) is 21.8 Å². The van der Waals surface area contributed by atoms with E-state index in [9.17, 15) is 0 Å². The molecule has 0 N–H and O–H groups in total. The molecule has 0 amide bonds. The summed E-state index contributed by atoms with van der Waals surface area (Å²) in [6.07, 6.45) is 3.80. The van der Waals surface area contributed by atoms with Gasteiger partial charge in [0.2, 0.25) is 0 Å². The smallest absolute Gasteiger partial charge is 0.159 e. The van der Waals surface area contributed by atoms with E-state index in [-0.39, 0.29) is 0 Å². The highest BCUT2D eigenvalue weighted by molar-refractivity contribution is 6.12. The molecule has 0 aliphatic carbocycles. The van der Waals surface area contributed by atoms with Crippen LogP contribution in [0.3, 0.4) is 0 Å². The number of hydrogen-bond donors (Lipinski definition) is 0. The van der Waals surface area contributed by atoms with Crippen LogP contribution in [0, 0.1) is 0 Å². The molecule has 0 saturated carbocycles. The molecular weight excluding hydrogens is 611 g/mol. The van der Waals surface area contributed by atoms with Crippen molar-refractivity contribution in [3.63, 3.8) is 0 Å². The standard InChI is InChI=1S/C45H29N5/c1-4-13-30(14-5-1)43-42(29-47-44(48-43)31-15-6-2-7-16-31)50-40-25-23-32(27-38(40)37-20-12-26-46-45(37)50)33-22-24-36-35-19-10-11-21-39(35)49(41(36)28-33)34-17-8-3-9-18-34/h1-29H. The second kappa shape index (κ2) is 11.4. The Morgan fingerprint density at radius 2 is 1.04 bits per heavy atom. The van der Waals surface area contributed by atoms with Gasteiger partial charge in [-0.25, -0.2) is 15.0 Å². The zero-order valence-corrected chi connectivity index (χ0v) is 27.0. The van der Waals surface area contributed by atoms with Crippen molar-refractivity contribution in [2.45, 2.75) is 0 Å². The highest BCUT2D eigenvalue weighted by Crippen LogP contribution is 2.39. The zero-order valence-electron chi connectivity index (χ0n) is 27.0. The molecule has 0 fully saturated rings. The van der Waals surface area contributed by atoms with Crippen molar-refractivity contribution in [2.24, 2.45) is 0 Å². The van der Waals surface area contributed by atoms with Gasteiger partial charge in [0, 0.05) is 44.6 Å². The molecule has 0 atom stereocenters. The van der Waals surface area contributed by atoms with Gasteiger partial charge in [-0.2, -0.15) is 0 Å². The number of rotatable bonds is 5. The van der Waals surface area contributed by atoms with Crippen molar-refractivity contribution in [1.29, 1.82) is 0 Å². The minimum atomic E-state index is 0.688. The van der Waals surface area contributed by atoms with Gasteiger partial charge >= 0.3 is 0 Å². The number of hydrogen-bond acceptors (Lipinski definition) is 3. The van der Waals surface area contributed by atoms with Gasteiger partial charge in [-0.3, -0.25) is 4.57 Å². The average molecular weight is 640 g/mol. The zero-order chi connectivity index (χ0) is 33.0. The first-order valence-electron chi connectivity index (χ1n) is 16.8. The van der Waals surface area contributed by atoms with E-state index in [0.717, 1.165) is 61.3 Å². The SMILES string of the molecule is c1ccc(-c2ncc(-n3c4ccc(-c5ccc6c7ccccc7n(-c7ccccc7)c6c5)cc4c4cccnc43)c(-c3ccccc3)n2)cc1. The highest BCUT2D eigenvalue weighted by Gasteiger charge is 2.20. The van der Waals surface area contributed by atoms with Gasteiger partial charge in [0.05, 0.1) is 34.1 Å². The summed E-state index contributed by atoms with van der Waals surface area (Å²) >= 11 is 0. The second-order valence-electron chi connectivity index (χ2n) is 12.5. The Morgan fingerprint density at radius 1 is 0.400 bits per heavy atom. The summed E-state index contributed by atoms with van der Waals surface area (Å²) in [7, 11) is 0. The van der Waals surface area contributed by atoms with Gasteiger partial charge in [-0.15, -0.1) is 0 Å². The van der Waals surface area contributed by atoms with Crippen molar-refractivity contribution in [2.75, 3.05) is 0 Å². The number of para-hydroxylation sites is 2. The summed E-state index contributed by atoms with van der Waals surface area (Å²) in [5, 5.41) is 4.69. The van der Waals surface area contributed by atoms with Crippen molar-refractivity contribution in [1.82, 2.24) is 24.1 Å². The first-order valence-corrected chi connectivity index (χ1v) is 16.8. The molecule has 50 heavy (non-hydrogen) atoms. The summed E-state index contributed by atoms with van der Waals surface area (Å²) in [5.41, 5.74) is 11.5. The van der Waals surface area contributed by atoms with E-state index in [4.69, 9.17) is 15.0 Å². The molecule has 0 aliphatic rings. The molecule has 10 rings (SSSR count). The second-order valence-corrected chi connectivity index (χ2v) is 12.5. The number of benzene rings is 6. The molecule has 0 radical (unpaired) electrons. The summed E-state index contributed by atoms with van der Waals surface area (Å²) in [6.45, 7) is 0. The summed E-state index contributed by atoms with van der Waals surface area (Å²) in [4.78, 5) is 15.0. The predicted octanol–water partition coefficient (Wildman–Crippen LogP) is 11.1. The summed E-state index contributed by atoms with van der Waals surface area (Å²) < 4.78 is 4.58. The van der Waals surface area contributed by atoms with Gasteiger partial charge < -0.3 is 4.57 Å². The third-order valence-corrected chi connectivity index (χ3v) is 9.64. The lowest BCUT2D eigenvalue weighted by atomic mass is 10.0. The summed E-state index contributed by atoms with van der Waals surface area (Å²) in [5.74, 6) is 0.688. The Hall–Kier alpha value is -6.85. The maximum atomic E-state index is 5.17. The molecule has 4 aromatic heterocycles. The molecular formula is C45H29N5. The van der Waals surface area contributed by atoms with Crippen molar-refractivity contribution >= 4 is 43.7 Å². The van der Waals surface area contributed by atoms with Gasteiger partial charge in [0.25, 0.3) is 0 Å². The largest absolute Gasteiger partial charge is 0.309 e. The van der Waals surface area contributed by atoms with E-state index in [1.54, 1.807) is 0 Å². The molecule has 234 valence electrons. The van der Waals surface area contributed by atoms with Crippen LogP contribution < -0.4 is 0 Å². The summed E-state index contributed by atoms with van der Waals surface area (Å²) in [6, 6.07) is 57.4. The quantitative estimate of drug-likeness (QED) is 0.188. The van der Waals surface area contributed by atoms with E-state index in [1.807, 2.05) is 67.0 Å². The number of nitrogens with zero attached hydrogens (tertiary/aromatic N) is 5. The fraction of sp³-hybridized carbons (Fsp3) is 0. The van der Waals surface area contributed by atoms with Crippen LogP contribution in [0.4, 0.5) is 0 Å². The first kappa shape index (κ1) is 28.2. The molecule has 4 heterocycles. The maximum Gasteiger partial charge on any atom is 0.159 e. The van der Waals surface area contributed by atoms with Crippen LogP contribution in [0.2, 0.25) is 0 Å². The Bertz CT molecular complexity index is 2850. The molecule has 6 aromatic carbocycles. The van der Waals surface area contributed by atoms with Crippen molar-refractivity contribution < 1.29 is 0 Å². The van der Waals surface area contributed by atoms with Gasteiger partial charge in [0.15, 0.2) is 5.82 Å². The number of fused-ring (bicyclic) bond motifs is 6. The van der Waals surface area contributed by atoms with Crippen LogP contribution in [0.5, 0.6) is 0 Å². The fourth-order valence-electron chi connectivity index (χ4n) is 7.35. The average Bonchev–Trinajstić information content (AvgIpc) is 3.71. The van der Waals surface area contributed by atoms with Gasteiger partial charge in [-0.05, 0) is 59.7 Å². The van der Waals surface area contributed by atoms with Crippen molar-refractivity contribution in [3.05, 3.63) is 176 Å². The molecule has 0 bridgehead atoms. The predicted molar refractivity (Wildman–Crippen MR) is 205 cm³/mol.